The number of methoxy groups -OCH3 is 1. The molecule has 0 aliphatic carbocycles. The van der Waals surface area contributed by atoms with Crippen LogP contribution in [0.1, 0.15) is 31.3 Å². The fraction of sp³-hybridized carbons (Fsp3) is 0.150. The Bertz CT molecular complexity index is 1060. The third-order valence-corrected chi connectivity index (χ3v) is 5.23. The lowest BCUT2D eigenvalue weighted by atomic mass is 10.1. The maximum absolute atomic E-state index is 12.4. The van der Waals surface area contributed by atoms with Crippen LogP contribution in [-0.2, 0) is 17.8 Å². The zero-order chi connectivity index (χ0) is 20.4. The summed E-state index contributed by atoms with van der Waals surface area (Å²) in [5.74, 6) is -0.230. The van der Waals surface area contributed by atoms with E-state index < -0.39 is 0 Å². The number of fused-ring (bicyclic) bond motifs is 1. The molecule has 146 valence electrons. The molecule has 3 aromatic rings. The Hall–Kier alpha value is -3.59. The number of carbonyl (C=O) groups excluding carboxylic acids is 3. The Labute approximate surface area is 170 Å². The zero-order valence-electron chi connectivity index (χ0n) is 15.4. The van der Waals surface area contributed by atoms with Gasteiger partial charge in [-0.15, -0.1) is 10.2 Å². The van der Waals surface area contributed by atoms with Gasteiger partial charge in [-0.1, -0.05) is 35.6 Å². The molecule has 0 radical (unpaired) electrons. The Balaban J connectivity index is 1.38. The van der Waals surface area contributed by atoms with Crippen LogP contribution < -0.4 is 10.1 Å². The highest BCUT2D eigenvalue weighted by molar-refractivity contribution is 7.15. The van der Waals surface area contributed by atoms with Crippen LogP contribution >= 0.6 is 11.3 Å². The van der Waals surface area contributed by atoms with E-state index in [2.05, 4.69) is 15.5 Å². The van der Waals surface area contributed by atoms with Gasteiger partial charge in [0.2, 0.25) is 11.0 Å². The van der Waals surface area contributed by atoms with Crippen molar-refractivity contribution in [1.82, 2.24) is 15.1 Å². The summed E-state index contributed by atoms with van der Waals surface area (Å²) in [7, 11) is 1.58. The molecule has 29 heavy (non-hydrogen) atoms. The van der Waals surface area contributed by atoms with Gasteiger partial charge in [-0.25, -0.2) is 0 Å². The van der Waals surface area contributed by atoms with Crippen LogP contribution in [0.25, 0.3) is 0 Å². The van der Waals surface area contributed by atoms with Crippen molar-refractivity contribution in [3.05, 3.63) is 70.2 Å². The van der Waals surface area contributed by atoms with Crippen molar-refractivity contribution in [1.29, 1.82) is 0 Å². The lowest BCUT2D eigenvalue weighted by Crippen LogP contribution is -2.29. The Morgan fingerprint density at radius 1 is 1.03 bits per heavy atom. The van der Waals surface area contributed by atoms with Crippen LogP contribution in [0.15, 0.2) is 48.5 Å². The van der Waals surface area contributed by atoms with Crippen molar-refractivity contribution in [2.45, 2.75) is 13.0 Å². The molecular weight excluding hydrogens is 392 g/mol. The van der Waals surface area contributed by atoms with Crippen molar-refractivity contribution >= 4 is 34.2 Å². The highest BCUT2D eigenvalue weighted by atomic mass is 32.1. The van der Waals surface area contributed by atoms with Gasteiger partial charge in [0.15, 0.2) is 0 Å². The number of rotatable bonds is 6. The Kier molecular flexibility index (Phi) is 5.05. The van der Waals surface area contributed by atoms with Gasteiger partial charge < -0.3 is 10.1 Å². The number of imide groups is 1. The number of anilines is 1. The molecule has 9 heteroatoms. The number of benzene rings is 2. The van der Waals surface area contributed by atoms with Crippen molar-refractivity contribution in [3.8, 4) is 5.75 Å². The van der Waals surface area contributed by atoms with Crippen molar-refractivity contribution in [3.63, 3.8) is 0 Å². The molecule has 0 spiro atoms. The topological polar surface area (TPSA) is 101 Å². The second kappa shape index (κ2) is 7.80. The molecule has 1 aromatic heterocycles. The summed E-state index contributed by atoms with van der Waals surface area (Å²) in [4.78, 5) is 38.2. The van der Waals surface area contributed by atoms with Crippen LogP contribution in [0.5, 0.6) is 5.75 Å². The number of amides is 3. The monoisotopic (exact) mass is 408 g/mol. The number of hydrogen-bond donors (Lipinski definition) is 1. The molecule has 4 rings (SSSR count). The van der Waals surface area contributed by atoms with Gasteiger partial charge in [0.25, 0.3) is 11.8 Å². The van der Waals surface area contributed by atoms with Crippen LogP contribution in [0.4, 0.5) is 5.13 Å². The zero-order valence-corrected chi connectivity index (χ0v) is 16.2. The van der Waals surface area contributed by atoms with Gasteiger partial charge in [-0.3, -0.25) is 19.3 Å². The molecule has 2 heterocycles. The van der Waals surface area contributed by atoms with E-state index in [1.54, 1.807) is 43.5 Å². The van der Waals surface area contributed by atoms with Gasteiger partial charge in [-0.2, -0.15) is 0 Å². The third kappa shape index (κ3) is 3.85. The standard InChI is InChI=1S/C20H16N4O4S/c1-28-13-8-6-12(7-9-13)10-16(25)21-20-23-22-17(29-20)11-24-18(26)14-4-2-3-5-15(14)19(24)27/h2-9H,10-11H2,1H3,(H,21,23,25). The van der Waals surface area contributed by atoms with Crippen LogP contribution in [0.2, 0.25) is 0 Å². The lowest BCUT2D eigenvalue weighted by Gasteiger charge is -2.10. The van der Waals surface area contributed by atoms with Gasteiger partial charge in [0.1, 0.15) is 10.8 Å². The predicted octanol–water partition coefficient (Wildman–Crippen LogP) is 2.52. The number of ether oxygens (including phenoxy) is 1. The molecule has 0 bridgehead atoms. The highest BCUT2D eigenvalue weighted by Gasteiger charge is 2.35. The molecule has 8 nitrogen and oxygen atoms in total. The lowest BCUT2D eigenvalue weighted by molar-refractivity contribution is -0.115. The van der Waals surface area contributed by atoms with E-state index in [0.717, 1.165) is 27.5 Å². The van der Waals surface area contributed by atoms with Crippen molar-refractivity contribution < 1.29 is 19.1 Å². The normalized spacial score (nSPS) is 12.8. The first-order chi connectivity index (χ1) is 14.0. The number of aromatic nitrogens is 2. The van der Waals surface area contributed by atoms with E-state index >= 15 is 0 Å². The first-order valence-electron chi connectivity index (χ1n) is 8.75. The summed E-state index contributed by atoms with van der Waals surface area (Å²) in [5, 5.41) is 11.4. The van der Waals surface area contributed by atoms with E-state index in [4.69, 9.17) is 4.74 Å². The first-order valence-corrected chi connectivity index (χ1v) is 9.57. The molecule has 3 amide bonds. The predicted molar refractivity (Wildman–Crippen MR) is 106 cm³/mol. The fourth-order valence-electron chi connectivity index (χ4n) is 2.98. The van der Waals surface area contributed by atoms with Gasteiger partial charge >= 0.3 is 0 Å². The average molecular weight is 408 g/mol. The molecule has 0 fully saturated rings. The van der Waals surface area contributed by atoms with E-state index in [0.29, 0.717) is 21.3 Å². The number of carbonyl (C=O) groups is 3. The number of hydrogen-bond acceptors (Lipinski definition) is 7. The van der Waals surface area contributed by atoms with E-state index in [1.165, 1.54) is 0 Å². The smallest absolute Gasteiger partial charge is 0.261 e. The summed E-state index contributed by atoms with van der Waals surface area (Å²) in [6.07, 6.45) is 0.178. The summed E-state index contributed by atoms with van der Waals surface area (Å²) in [6, 6.07) is 13.9. The molecule has 1 aliphatic heterocycles. The van der Waals surface area contributed by atoms with Gasteiger partial charge in [0.05, 0.1) is 31.2 Å². The molecule has 0 atom stereocenters. The molecule has 2 aromatic carbocycles. The fourth-order valence-corrected chi connectivity index (χ4v) is 3.72. The number of nitrogens with one attached hydrogen (secondary N) is 1. The molecule has 1 N–H and O–H groups in total. The summed E-state index contributed by atoms with van der Waals surface area (Å²) in [6.45, 7) is 0.0123. The first kappa shape index (κ1) is 18.8. The van der Waals surface area contributed by atoms with Crippen LogP contribution in [0.3, 0.4) is 0 Å². The largest absolute Gasteiger partial charge is 0.497 e. The molecular formula is C20H16N4O4S. The molecule has 0 saturated heterocycles. The van der Waals surface area contributed by atoms with E-state index in [1.807, 2.05) is 12.1 Å². The molecule has 0 saturated carbocycles. The minimum atomic E-state index is -0.356. The maximum Gasteiger partial charge on any atom is 0.261 e. The summed E-state index contributed by atoms with van der Waals surface area (Å²) >= 11 is 1.13. The molecule has 1 aliphatic rings. The van der Waals surface area contributed by atoms with Gasteiger partial charge in [-0.05, 0) is 29.8 Å². The van der Waals surface area contributed by atoms with Crippen molar-refractivity contribution in [2.24, 2.45) is 0 Å². The number of nitrogens with zero attached hydrogens (tertiary/aromatic N) is 3. The van der Waals surface area contributed by atoms with Gasteiger partial charge in [0, 0.05) is 0 Å². The maximum atomic E-state index is 12.4. The third-order valence-electron chi connectivity index (χ3n) is 4.41. The summed E-state index contributed by atoms with van der Waals surface area (Å²) < 4.78 is 5.09. The average Bonchev–Trinajstić information content (AvgIpc) is 3.27. The second-order valence-electron chi connectivity index (χ2n) is 6.32. The van der Waals surface area contributed by atoms with Crippen molar-refractivity contribution in [2.75, 3.05) is 12.4 Å². The Morgan fingerprint density at radius 3 is 2.31 bits per heavy atom. The van der Waals surface area contributed by atoms with E-state index in [9.17, 15) is 14.4 Å². The van der Waals surface area contributed by atoms with Crippen LogP contribution in [0, 0.1) is 0 Å². The van der Waals surface area contributed by atoms with Crippen LogP contribution in [-0.4, -0.2) is 39.9 Å². The SMILES string of the molecule is COc1ccc(CC(=O)Nc2nnc(CN3C(=O)c4ccccc4C3=O)s2)cc1. The summed E-state index contributed by atoms with van der Waals surface area (Å²) in [5.41, 5.74) is 1.60. The Morgan fingerprint density at radius 2 is 1.69 bits per heavy atom. The minimum absolute atomic E-state index is 0.0123. The van der Waals surface area contributed by atoms with E-state index in [-0.39, 0.29) is 30.7 Å². The highest BCUT2D eigenvalue weighted by Crippen LogP contribution is 2.26. The minimum Gasteiger partial charge on any atom is -0.497 e. The quantitative estimate of drug-likeness (QED) is 0.629. The molecule has 0 unspecified atom stereocenters. The second-order valence-corrected chi connectivity index (χ2v) is 7.38.